The minimum absolute atomic E-state index is 0.0305. The van der Waals surface area contributed by atoms with Gasteiger partial charge in [-0.25, -0.2) is 14.4 Å². The van der Waals surface area contributed by atoms with Gasteiger partial charge in [0, 0.05) is 43.4 Å². The minimum atomic E-state index is -0.542. The van der Waals surface area contributed by atoms with Gasteiger partial charge in [0.25, 0.3) is 11.7 Å². The van der Waals surface area contributed by atoms with Gasteiger partial charge in [0.2, 0.25) is 5.89 Å². The molecule has 38 heavy (non-hydrogen) atoms. The molecule has 4 aromatic heterocycles. The van der Waals surface area contributed by atoms with Crippen molar-refractivity contribution in [1.82, 2.24) is 35.4 Å². The number of pyridine rings is 2. The smallest absolute Gasteiger partial charge is 0.292 e. The highest BCUT2D eigenvalue weighted by atomic mass is 19.1. The quantitative estimate of drug-likeness (QED) is 0.339. The summed E-state index contributed by atoms with van der Waals surface area (Å²) in [5.74, 6) is -0.176. The molecular weight excluding hydrogens is 487 g/mol. The summed E-state index contributed by atoms with van der Waals surface area (Å²) < 4.78 is 20.2. The van der Waals surface area contributed by atoms with E-state index >= 15 is 4.39 Å². The van der Waals surface area contributed by atoms with Crippen molar-refractivity contribution in [1.29, 1.82) is 0 Å². The number of carbonyl (C=O) groups excluding carboxylic acids is 1. The monoisotopic (exact) mass is 514 g/mol. The third-order valence-corrected chi connectivity index (χ3v) is 5.97. The highest BCUT2D eigenvalue weighted by Gasteiger charge is 2.24. The third kappa shape index (κ3) is 4.95. The average molecular weight is 515 g/mol. The highest BCUT2D eigenvalue weighted by molar-refractivity contribution is 5.91. The van der Waals surface area contributed by atoms with Gasteiger partial charge in [-0.15, -0.1) is 0 Å². The summed E-state index contributed by atoms with van der Waals surface area (Å²) in [5, 5.41) is 6.36. The van der Waals surface area contributed by atoms with Gasteiger partial charge < -0.3 is 19.7 Å². The van der Waals surface area contributed by atoms with Crippen LogP contribution in [0.1, 0.15) is 42.8 Å². The summed E-state index contributed by atoms with van der Waals surface area (Å²) in [7, 11) is 3.89. The largest absolute Gasteiger partial charge is 0.376 e. The van der Waals surface area contributed by atoms with Gasteiger partial charge in [0.1, 0.15) is 17.0 Å². The first-order valence-electron chi connectivity index (χ1n) is 12.0. The maximum Gasteiger partial charge on any atom is 0.292 e. The number of nitrogens with one attached hydrogen (secondary N) is 2. The molecule has 0 unspecified atom stereocenters. The molecule has 1 aromatic carbocycles. The van der Waals surface area contributed by atoms with E-state index in [9.17, 15) is 4.79 Å². The molecule has 2 N–H and O–H groups in total. The molecular formula is C27H27FN8O2. The van der Waals surface area contributed by atoms with Gasteiger partial charge in [-0.2, -0.15) is 4.98 Å². The van der Waals surface area contributed by atoms with Crippen molar-refractivity contribution in [3.63, 3.8) is 0 Å². The van der Waals surface area contributed by atoms with Gasteiger partial charge in [0.05, 0.1) is 11.9 Å². The lowest BCUT2D eigenvalue weighted by molar-refractivity contribution is 0.0937. The summed E-state index contributed by atoms with van der Waals surface area (Å²) in [6, 6.07) is 10.5. The number of imidazole rings is 1. The van der Waals surface area contributed by atoms with Crippen LogP contribution in [0, 0.1) is 5.82 Å². The molecule has 0 spiro atoms. The Morgan fingerprint density at radius 1 is 1.11 bits per heavy atom. The second kappa shape index (κ2) is 9.66. The zero-order chi connectivity index (χ0) is 27.0. The number of rotatable bonds is 6. The molecule has 0 aliphatic heterocycles. The number of aromatic nitrogens is 6. The molecule has 4 heterocycles. The minimum Gasteiger partial charge on any atom is -0.376 e. The molecule has 0 aliphatic rings. The summed E-state index contributed by atoms with van der Waals surface area (Å²) in [4.78, 5) is 35.3. The van der Waals surface area contributed by atoms with E-state index in [0.29, 0.717) is 39.7 Å². The maximum absolute atomic E-state index is 15.1. The Morgan fingerprint density at radius 3 is 2.58 bits per heavy atom. The van der Waals surface area contributed by atoms with E-state index in [1.54, 1.807) is 30.6 Å². The van der Waals surface area contributed by atoms with Crippen molar-refractivity contribution in [3.05, 3.63) is 71.9 Å². The zero-order valence-electron chi connectivity index (χ0n) is 21.7. The normalized spacial score (nSPS) is 11.6. The van der Waals surface area contributed by atoms with Crippen LogP contribution in [0.25, 0.3) is 33.8 Å². The number of benzene rings is 1. The highest BCUT2D eigenvalue weighted by Crippen LogP contribution is 2.29. The zero-order valence-corrected chi connectivity index (χ0v) is 21.7. The number of fused-ring (bicyclic) bond motifs is 1. The molecule has 5 aromatic rings. The topological polar surface area (TPSA) is 126 Å². The lowest BCUT2D eigenvalue weighted by Gasteiger charge is -2.11. The van der Waals surface area contributed by atoms with Crippen LogP contribution in [0.15, 0.2) is 53.3 Å². The lowest BCUT2D eigenvalue weighted by Crippen LogP contribution is -2.24. The number of carbonyl (C=O) groups is 1. The number of H-pyrrole nitrogens is 1. The van der Waals surface area contributed by atoms with E-state index in [1.165, 1.54) is 6.07 Å². The molecule has 0 bridgehead atoms. The Hall–Kier alpha value is -4.67. The van der Waals surface area contributed by atoms with Gasteiger partial charge >= 0.3 is 0 Å². The predicted molar refractivity (Wildman–Crippen MR) is 141 cm³/mol. The summed E-state index contributed by atoms with van der Waals surface area (Å²) >= 11 is 0. The SMILES string of the molecule is CN(C)c1ccc(-c2nc3c(-c4ccc(CNC(=O)c5noc(C(C)(C)C)n5)c(F)c4)ccnc3[nH]2)nc1. The number of amides is 1. The van der Waals surface area contributed by atoms with E-state index < -0.39 is 11.7 Å². The fourth-order valence-corrected chi connectivity index (χ4v) is 3.79. The number of aromatic amines is 1. The van der Waals surface area contributed by atoms with Crippen molar-refractivity contribution in [2.45, 2.75) is 32.7 Å². The molecule has 194 valence electrons. The molecule has 11 heteroatoms. The molecule has 0 fully saturated rings. The number of hydrogen-bond donors (Lipinski definition) is 2. The molecule has 0 atom stereocenters. The Kier molecular flexibility index (Phi) is 6.35. The second-order valence-electron chi connectivity index (χ2n) is 10.1. The van der Waals surface area contributed by atoms with Crippen LogP contribution in [-0.4, -0.2) is 50.1 Å². The predicted octanol–water partition coefficient (Wildman–Crippen LogP) is 4.50. The Labute approximate surface area is 218 Å². The van der Waals surface area contributed by atoms with Crippen LogP contribution < -0.4 is 10.2 Å². The Bertz CT molecular complexity index is 1620. The average Bonchev–Trinajstić information content (AvgIpc) is 3.56. The van der Waals surface area contributed by atoms with Crippen molar-refractivity contribution in [3.8, 4) is 22.6 Å². The molecule has 10 nitrogen and oxygen atoms in total. The Balaban J connectivity index is 1.35. The molecule has 0 radical (unpaired) electrons. The molecule has 1 amide bonds. The maximum atomic E-state index is 15.1. The lowest BCUT2D eigenvalue weighted by atomic mass is 9.97. The van der Waals surface area contributed by atoms with E-state index in [2.05, 4.69) is 30.4 Å². The van der Waals surface area contributed by atoms with E-state index in [4.69, 9.17) is 9.51 Å². The van der Waals surface area contributed by atoms with Crippen LogP contribution in [0.4, 0.5) is 10.1 Å². The molecule has 0 aliphatic carbocycles. The number of nitrogens with zero attached hydrogens (tertiary/aromatic N) is 6. The van der Waals surface area contributed by atoms with Crippen molar-refractivity contribution < 1.29 is 13.7 Å². The van der Waals surface area contributed by atoms with Gasteiger partial charge in [-0.1, -0.05) is 38.1 Å². The second-order valence-corrected chi connectivity index (χ2v) is 10.1. The van der Waals surface area contributed by atoms with Gasteiger partial charge in [-0.3, -0.25) is 9.78 Å². The fourth-order valence-electron chi connectivity index (χ4n) is 3.79. The van der Waals surface area contributed by atoms with Crippen LogP contribution in [0.2, 0.25) is 0 Å². The summed E-state index contributed by atoms with van der Waals surface area (Å²) in [6.45, 7) is 5.67. The van der Waals surface area contributed by atoms with Crippen molar-refractivity contribution >= 4 is 22.8 Å². The third-order valence-electron chi connectivity index (χ3n) is 5.97. The number of anilines is 1. The van der Waals surface area contributed by atoms with Crippen LogP contribution >= 0.6 is 0 Å². The van der Waals surface area contributed by atoms with Crippen LogP contribution in [0.3, 0.4) is 0 Å². The Morgan fingerprint density at radius 2 is 1.92 bits per heavy atom. The van der Waals surface area contributed by atoms with E-state index in [-0.39, 0.29) is 17.8 Å². The first kappa shape index (κ1) is 25.0. The van der Waals surface area contributed by atoms with E-state index in [0.717, 1.165) is 11.3 Å². The number of halogens is 1. The first-order valence-corrected chi connectivity index (χ1v) is 12.0. The summed E-state index contributed by atoms with van der Waals surface area (Å²) in [5.41, 5.74) is 4.12. The first-order chi connectivity index (χ1) is 18.1. The van der Waals surface area contributed by atoms with Gasteiger partial charge in [-0.05, 0) is 29.8 Å². The fraction of sp³-hybridized carbons (Fsp3) is 0.259. The molecule has 0 saturated heterocycles. The van der Waals surface area contributed by atoms with E-state index in [1.807, 2.05) is 51.9 Å². The molecule has 0 saturated carbocycles. The van der Waals surface area contributed by atoms with Crippen LogP contribution in [0.5, 0.6) is 0 Å². The van der Waals surface area contributed by atoms with Crippen molar-refractivity contribution in [2.24, 2.45) is 0 Å². The number of hydrogen-bond acceptors (Lipinski definition) is 8. The summed E-state index contributed by atoms with van der Waals surface area (Å²) in [6.07, 6.45) is 3.41. The standard InChI is InChI=1S/C27H27FN8O2/c1-27(2,3)26-34-24(35-38-26)25(37)31-13-16-7-6-15(12-19(16)28)18-10-11-29-23-21(18)32-22(33-23)20-9-8-17(14-30-20)36(4)5/h6-12,14H,13H2,1-5H3,(H,31,37)(H,29,32,33). The van der Waals surface area contributed by atoms with Crippen molar-refractivity contribution in [2.75, 3.05) is 19.0 Å². The van der Waals surface area contributed by atoms with Crippen LogP contribution in [-0.2, 0) is 12.0 Å². The van der Waals surface area contributed by atoms with Gasteiger partial charge in [0.15, 0.2) is 11.5 Å². The molecule has 5 rings (SSSR count).